The SMILES string of the molecule is C/C=C1/CC2[C@H](CCCN2CCC)CC1=NC.N. The first-order valence-electron chi connectivity index (χ1n) is 7.15. The predicted octanol–water partition coefficient (Wildman–Crippen LogP) is 3.45. The zero-order chi connectivity index (χ0) is 12.3. The Kier molecular flexibility index (Phi) is 6.03. The smallest absolute Gasteiger partial charge is 0.0377 e. The molecule has 2 rings (SSSR count). The molecule has 1 heterocycles. The molecule has 0 aromatic rings. The van der Waals surface area contributed by atoms with Crippen molar-refractivity contribution >= 4 is 5.71 Å². The average Bonchev–Trinajstić information content (AvgIpc) is 2.38. The third kappa shape index (κ3) is 3.01. The van der Waals surface area contributed by atoms with Gasteiger partial charge >= 0.3 is 0 Å². The second kappa shape index (κ2) is 7.05. The molecule has 104 valence electrons. The summed E-state index contributed by atoms with van der Waals surface area (Å²) in [7, 11) is 1.95. The molecule has 1 aliphatic heterocycles. The van der Waals surface area contributed by atoms with Crippen LogP contribution in [0.1, 0.15) is 46.0 Å². The number of hydrogen-bond acceptors (Lipinski definition) is 3. The Morgan fingerprint density at radius 1 is 1.39 bits per heavy atom. The predicted molar refractivity (Wildman–Crippen MR) is 79.7 cm³/mol. The van der Waals surface area contributed by atoms with E-state index >= 15 is 0 Å². The van der Waals surface area contributed by atoms with Crippen molar-refractivity contribution in [3.8, 4) is 0 Å². The number of nitrogens with zero attached hydrogens (tertiary/aromatic N) is 2. The van der Waals surface area contributed by atoms with Crippen LogP contribution < -0.4 is 6.15 Å². The van der Waals surface area contributed by atoms with Crippen molar-refractivity contribution < 1.29 is 0 Å². The van der Waals surface area contributed by atoms with Gasteiger partial charge in [-0.05, 0) is 63.6 Å². The van der Waals surface area contributed by atoms with Crippen LogP contribution in [0.5, 0.6) is 0 Å². The van der Waals surface area contributed by atoms with E-state index in [1.54, 1.807) is 0 Å². The molecule has 0 aromatic heterocycles. The first kappa shape index (κ1) is 15.4. The Bertz CT molecular complexity index is 318. The second-order valence-corrected chi connectivity index (χ2v) is 5.40. The van der Waals surface area contributed by atoms with Gasteiger partial charge in [-0.3, -0.25) is 9.89 Å². The highest BCUT2D eigenvalue weighted by Gasteiger charge is 2.36. The third-order valence-electron chi connectivity index (χ3n) is 4.42. The van der Waals surface area contributed by atoms with Crippen LogP contribution in [0.15, 0.2) is 16.6 Å². The number of likely N-dealkylation sites (tertiary alicyclic amines) is 1. The maximum atomic E-state index is 4.49. The minimum atomic E-state index is 0. The van der Waals surface area contributed by atoms with E-state index in [1.807, 2.05) is 7.05 Å². The molecule has 3 N–H and O–H groups in total. The molecule has 1 saturated heterocycles. The molecule has 0 aromatic carbocycles. The minimum Gasteiger partial charge on any atom is -0.344 e. The van der Waals surface area contributed by atoms with Crippen molar-refractivity contribution in [1.82, 2.24) is 11.1 Å². The molecule has 1 unspecified atom stereocenters. The molecule has 0 spiro atoms. The van der Waals surface area contributed by atoms with E-state index in [2.05, 4.69) is 29.8 Å². The number of hydrogen-bond donors (Lipinski definition) is 1. The Labute approximate surface area is 112 Å². The van der Waals surface area contributed by atoms with Crippen molar-refractivity contribution in [2.75, 3.05) is 20.1 Å². The normalized spacial score (nSPS) is 33.3. The van der Waals surface area contributed by atoms with Gasteiger partial charge in [0.15, 0.2) is 0 Å². The van der Waals surface area contributed by atoms with E-state index < -0.39 is 0 Å². The van der Waals surface area contributed by atoms with Crippen LogP contribution in [-0.2, 0) is 0 Å². The Hall–Kier alpha value is -0.670. The second-order valence-electron chi connectivity index (χ2n) is 5.40. The molecule has 1 saturated carbocycles. The fourth-order valence-electron chi connectivity index (χ4n) is 3.55. The maximum Gasteiger partial charge on any atom is 0.0377 e. The fraction of sp³-hybridized carbons (Fsp3) is 0.800. The third-order valence-corrected chi connectivity index (χ3v) is 4.42. The van der Waals surface area contributed by atoms with Gasteiger partial charge in [-0.1, -0.05) is 13.0 Å². The van der Waals surface area contributed by atoms with Gasteiger partial charge < -0.3 is 6.15 Å². The molecule has 2 aliphatic rings. The van der Waals surface area contributed by atoms with Gasteiger partial charge in [0.05, 0.1) is 0 Å². The topological polar surface area (TPSA) is 50.6 Å². The van der Waals surface area contributed by atoms with Crippen molar-refractivity contribution in [3.05, 3.63) is 11.6 Å². The maximum absolute atomic E-state index is 4.49. The highest BCUT2D eigenvalue weighted by Crippen LogP contribution is 2.36. The molecule has 0 bridgehead atoms. The minimum absolute atomic E-state index is 0. The number of fused-ring (bicyclic) bond motifs is 1. The molecule has 3 heteroatoms. The highest BCUT2D eigenvalue weighted by molar-refractivity contribution is 6.01. The lowest BCUT2D eigenvalue weighted by Gasteiger charge is -2.45. The summed E-state index contributed by atoms with van der Waals surface area (Å²) in [5.74, 6) is 0.859. The molecule has 0 radical (unpaired) electrons. The summed E-state index contributed by atoms with van der Waals surface area (Å²) in [6, 6.07) is 0.792. The van der Waals surface area contributed by atoms with Gasteiger partial charge in [0.2, 0.25) is 0 Å². The van der Waals surface area contributed by atoms with Crippen LogP contribution in [-0.4, -0.2) is 36.8 Å². The summed E-state index contributed by atoms with van der Waals surface area (Å²) in [6.45, 7) is 7.04. The molecule has 3 nitrogen and oxygen atoms in total. The molecule has 0 amide bonds. The molecule has 2 fully saturated rings. The van der Waals surface area contributed by atoms with Crippen LogP contribution in [0, 0.1) is 5.92 Å². The largest absolute Gasteiger partial charge is 0.344 e. The Balaban J connectivity index is 0.00000162. The van der Waals surface area contributed by atoms with E-state index in [0.717, 1.165) is 12.0 Å². The summed E-state index contributed by atoms with van der Waals surface area (Å²) in [4.78, 5) is 7.22. The summed E-state index contributed by atoms with van der Waals surface area (Å²) < 4.78 is 0. The lowest BCUT2D eigenvalue weighted by Crippen LogP contribution is -2.49. The zero-order valence-corrected chi connectivity index (χ0v) is 12.3. The summed E-state index contributed by atoms with van der Waals surface area (Å²) in [5.41, 5.74) is 2.86. The fourth-order valence-corrected chi connectivity index (χ4v) is 3.55. The average molecular weight is 251 g/mol. The Morgan fingerprint density at radius 2 is 2.17 bits per heavy atom. The van der Waals surface area contributed by atoms with Gasteiger partial charge in [0.25, 0.3) is 0 Å². The van der Waals surface area contributed by atoms with Crippen molar-refractivity contribution in [2.24, 2.45) is 10.9 Å². The summed E-state index contributed by atoms with van der Waals surface area (Å²) in [5, 5.41) is 0. The van der Waals surface area contributed by atoms with Crippen LogP contribution in [0.4, 0.5) is 0 Å². The van der Waals surface area contributed by atoms with Gasteiger partial charge in [-0.25, -0.2) is 0 Å². The molecule has 1 aliphatic carbocycles. The van der Waals surface area contributed by atoms with E-state index in [9.17, 15) is 0 Å². The lowest BCUT2D eigenvalue weighted by atomic mass is 9.75. The number of rotatable bonds is 2. The molecular formula is C15H29N3. The van der Waals surface area contributed by atoms with Gasteiger partial charge in [0.1, 0.15) is 0 Å². The standard InChI is InChI=1S/C15H26N2.H3N/c1-4-8-17-9-6-7-13-10-14(16-3)12(5-2)11-15(13)17;/h5,13,15H,4,6-11H2,1-3H3;1H3/b12-5-,16-14?;/t13-,15?;/m1./s1. The van der Waals surface area contributed by atoms with Crippen LogP contribution in [0.2, 0.25) is 0 Å². The monoisotopic (exact) mass is 251 g/mol. The first-order chi connectivity index (χ1) is 8.30. The Morgan fingerprint density at radius 3 is 2.78 bits per heavy atom. The summed E-state index contributed by atoms with van der Waals surface area (Å²) >= 11 is 0. The quantitative estimate of drug-likeness (QED) is 0.817. The van der Waals surface area contributed by atoms with E-state index in [1.165, 1.54) is 56.5 Å². The van der Waals surface area contributed by atoms with Crippen LogP contribution >= 0.6 is 0 Å². The molecule has 18 heavy (non-hydrogen) atoms. The van der Waals surface area contributed by atoms with Crippen molar-refractivity contribution in [1.29, 1.82) is 0 Å². The number of aliphatic imine (C=N–C) groups is 1. The van der Waals surface area contributed by atoms with Crippen LogP contribution in [0.25, 0.3) is 0 Å². The van der Waals surface area contributed by atoms with E-state index in [4.69, 9.17) is 0 Å². The van der Waals surface area contributed by atoms with Crippen LogP contribution in [0.3, 0.4) is 0 Å². The summed E-state index contributed by atoms with van der Waals surface area (Å²) in [6.07, 6.45) is 8.78. The zero-order valence-electron chi connectivity index (χ0n) is 12.3. The van der Waals surface area contributed by atoms with Gasteiger partial charge in [0, 0.05) is 18.8 Å². The van der Waals surface area contributed by atoms with E-state index in [-0.39, 0.29) is 6.15 Å². The van der Waals surface area contributed by atoms with Gasteiger partial charge in [-0.15, -0.1) is 0 Å². The van der Waals surface area contributed by atoms with Crippen molar-refractivity contribution in [3.63, 3.8) is 0 Å². The van der Waals surface area contributed by atoms with E-state index in [0.29, 0.717) is 0 Å². The highest BCUT2D eigenvalue weighted by atomic mass is 15.2. The first-order valence-corrected chi connectivity index (χ1v) is 7.15. The van der Waals surface area contributed by atoms with Gasteiger partial charge in [-0.2, -0.15) is 0 Å². The molecule has 2 atom stereocenters. The lowest BCUT2D eigenvalue weighted by molar-refractivity contribution is 0.0914. The molecular weight excluding hydrogens is 222 g/mol. The number of allylic oxidation sites excluding steroid dienone is 1. The van der Waals surface area contributed by atoms with Crippen molar-refractivity contribution in [2.45, 2.75) is 52.0 Å². The number of piperidine rings is 1.